The van der Waals surface area contributed by atoms with E-state index in [1.165, 1.54) is 6.92 Å². The van der Waals surface area contributed by atoms with Gasteiger partial charge in [0.15, 0.2) is 5.82 Å². The zero-order chi connectivity index (χ0) is 13.1. The molecule has 1 saturated heterocycles. The van der Waals surface area contributed by atoms with Gasteiger partial charge in [0.1, 0.15) is 6.04 Å². The zero-order valence-electron chi connectivity index (χ0n) is 10.5. The highest BCUT2D eigenvalue weighted by molar-refractivity contribution is 5.78. The minimum Gasteiger partial charge on any atom is -0.349 e. The van der Waals surface area contributed by atoms with Crippen molar-refractivity contribution in [3.8, 4) is 0 Å². The second kappa shape index (κ2) is 5.16. The van der Waals surface area contributed by atoms with Crippen LogP contribution in [0.25, 0.3) is 0 Å². The van der Waals surface area contributed by atoms with E-state index in [-0.39, 0.29) is 24.4 Å². The largest absolute Gasteiger partial charge is 0.349 e. The summed E-state index contributed by atoms with van der Waals surface area (Å²) in [5.41, 5.74) is 0. The Morgan fingerprint density at radius 1 is 1.61 bits per heavy atom. The van der Waals surface area contributed by atoms with E-state index in [1.807, 2.05) is 6.92 Å². The van der Waals surface area contributed by atoms with Crippen molar-refractivity contribution in [2.24, 2.45) is 0 Å². The Bertz CT molecular complexity index is 457. The Hall–Kier alpha value is -1.92. The number of hydrogen-bond donors (Lipinski definition) is 1. The van der Waals surface area contributed by atoms with Gasteiger partial charge in [-0.15, -0.1) is 0 Å². The molecule has 0 aromatic carbocycles. The number of amides is 2. The van der Waals surface area contributed by atoms with Crippen LogP contribution in [0.2, 0.25) is 0 Å². The predicted molar refractivity (Wildman–Crippen MR) is 61.2 cm³/mol. The minimum absolute atomic E-state index is 0.115. The van der Waals surface area contributed by atoms with Crippen LogP contribution in [0.4, 0.5) is 0 Å². The summed E-state index contributed by atoms with van der Waals surface area (Å²) in [6.45, 7) is 4.22. The number of nitrogens with one attached hydrogen (secondary N) is 1. The molecule has 1 aromatic rings. The molecule has 7 heteroatoms. The van der Waals surface area contributed by atoms with Gasteiger partial charge in [-0.1, -0.05) is 5.16 Å². The first-order chi connectivity index (χ1) is 8.61. The molecule has 0 radical (unpaired) electrons. The second-order valence-electron chi connectivity index (χ2n) is 4.19. The molecular formula is C11H16N4O3. The average molecular weight is 252 g/mol. The summed E-state index contributed by atoms with van der Waals surface area (Å²) in [7, 11) is 0. The summed E-state index contributed by atoms with van der Waals surface area (Å²) in [5.74, 6) is 0.843. The van der Waals surface area contributed by atoms with Crippen LogP contribution in [-0.2, 0) is 16.1 Å². The van der Waals surface area contributed by atoms with Crippen LogP contribution in [0.5, 0.6) is 0 Å². The van der Waals surface area contributed by atoms with Gasteiger partial charge in [0, 0.05) is 19.9 Å². The molecule has 0 saturated carbocycles. The smallest absolute Gasteiger partial charge is 0.249 e. The van der Waals surface area contributed by atoms with Gasteiger partial charge in [0.05, 0.1) is 6.54 Å². The van der Waals surface area contributed by atoms with Gasteiger partial charge in [0.2, 0.25) is 17.7 Å². The van der Waals surface area contributed by atoms with Crippen LogP contribution in [0.3, 0.4) is 0 Å². The minimum atomic E-state index is -0.146. The van der Waals surface area contributed by atoms with Crippen molar-refractivity contribution in [1.29, 1.82) is 0 Å². The van der Waals surface area contributed by atoms with Crippen molar-refractivity contribution < 1.29 is 14.1 Å². The number of rotatable bonds is 4. The molecule has 1 aromatic heterocycles. The summed E-state index contributed by atoms with van der Waals surface area (Å²) < 4.78 is 5.15. The Kier molecular flexibility index (Phi) is 3.59. The molecule has 2 heterocycles. The monoisotopic (exact) mass is 252 g/mol. The highest BCUT2D eigenvalue weighted by Crippen LogP contribution is 2.31. The highest BCUT2D eigenvalue weighted by atomic mass is 16.5. The van der Waals surface area contributed by atoms with Crippen LogP contribution < -0.4 is 5.32 Å². The van der Waals surface area contributed by atoms with Gasteiger partial charge in [-0.05, 0) is 13.3 Å². The van der Waals surface area contributed by atoms with E-state index in [1.54, 1.807) is 4.90 Å². The van der Waals surface area contributed by atoms with Gasteiger partial charge in [-0.25, -0.2) is 0 Å². The van der Waals surface area contributed by atoms with Crippen molar-refractivity contribution >= 4 is 11.8 Å². The summed E-state index contributed by atoms with van der Waals surface area (Å²) >= 11 is 0. The van der Waals surface area contributed by atoms with E-state index < -0.39 is 0 Å². The molecular weight excluding hydrogens is 236 g/mol. The Morgan fingerprint density at radius 2 is 2.39 bits per heavy atom. The molecule has 0 bridgehead atoms. The SMILES string of the molecule is CCN1C(=O)CC[C@H]1c1nc(CNC(C)=O)no1. The lowest BCUT2D eigenvalue weighted by Gasteiger charge is -2.19. The molecule has 0 spiro atoms. The summed E-state index contributed by atoms with van der Waals surface area (Å²) in [4.78, 5) is 28.3. The number of carbonyl (C=O) groups excluding carboxylic acids is 2. The van der Waals surface area contributed by atoms with Gasteiger partial charge < -0.3 is 14.7 Å². The molecule has 1 aliphatic rings. The second-order valence-corrected chi connectivity index (χ2v) is 4.19. The average Bonchev–Trinajstić information content (AvgIpc) is 2.92. The van der Waals surface area contributed by atoms with E-state index in [0.717, 1.165) is 0 Å². The Morgan fingerprint density at radius 3 is 3.06 bits per heavy atom. The number of carbonyl (C=O) groups is 2. The normalized spacial score (nSPS) is 19.3. The van der Waals surface area contributed by atoms with E-state index in [9.17, 15) is 9.59 Å². The summed E-state index contributed by atoms with van der Waals surface area (Å²) in [6.07, 6.45) is 1.22. The van der Waals surface area contributed by atoms with E-state index in [2.05, 4.69) is 15.5 Å². The first-order valence-corrected chi connectivity index (χ1v) is 5.98. The maximum absolute atomic E-state index is 11.6. The van der Waals surface area contributed by atoms with E-state index in [0.29, 0.717) is 31.1 Å². The fourth-order valence-corrected chi connectivity index (χ4v) is 2.07. The maximum atomic E-state index is 11.6. The van der Waals surface area contributed by atoms with Gasteiger partial charge >= 0.3 is 0 Å². The molecule has 1 fully saturated rings. The van der Waals surface area contributed by atoms with Gasteiger partial charge in [-0.3, -0.25) is 9.59 Å². The molecule has 0 unspecified atom stereocenters. The molecule has 18 heavy (non-hydrogen) atoms. The third-order valence-corrected chi connectivity index (χ3v) is 2.93. The van der Waals surface area contributed by atoms with Crippen molar-refractivity contribution in [3.63, 3.8) is 0 Å². The van der Waals surface area contributed by atoms with E-state index in [4.69, 9.17) is 4.52 Å². The third-order valence-electron chi connectivity index (χ3n) is 2.93. The quantitative estimate of drug-likeness (QED) is 0.837. The lowest BCUT2D eigenvalue weighted by atomic mass is 10.2. The molecule has 98 valence electrons. The fraction of sp³-hybridized carbons (Fsp3) is 0.636. The van der Waals surface area contributed by atoms with Crippen LogP contribution in [-0.4, -0.2) is 33.4 Å². The molecule has 2 amide bonds. The topological polar surface area (TPSA) is 88.3 Å². The Balaban J connectivity index is 2.05. The zero-order valence-corrected chi connectivity index (χ0v) is 10.5. The third kappa shape index (κ3) is 2.49. The van der Waals surface area contributed by atoms with Crippen molar-refractivity contribution in [2.75, 3.05) is 6.54 Å². The molecule has 7 nitrogen and oxygen atoms in total. The van der Waals surface area contributed by atoms with Gasteiger partial charge in [0.25, 0.3) is 0 Å². The standard InChI is InChI=1S/C11H16N4O3/c1-3-15-8(4-5-10(15)17)11-13-9(14-18-11)6-12-7(2)16/h8H,3-6H2,1-2H3,(H,12,16)/t8-/m0/s1. The predicted octanol–water partition coefficient (Wildman–Crippen LogP) is 0.389. The molecule has 1 N–H and O–H groups in total. The molecule has 0 aliphatic carbocycles. The maximum Gasteiger partial charge on any atom is 0.249 e. The number of hydrogen-bond acceptors (Lipinski definition) is 5. The summed E-state index contributed by atoms with van der Waals surface area (Å²) in [5, 5.41) is 6.38. The molecule has 1 aliphatic heterocycles. The van der Waals surface area contributed by atoms with Crippen LogP contribution in [0.1, 0.15) is 44.4 Å². The molecule has 1 atom stereocenters. The fourth-order valence-electron chi connectivity index (χ4n) is 2.07. The first-order valence-electron chi connectivity index (χ1n) is 5.98. The van der Waals surface area contributed by atoms with Gasteiger partial charge in [-0.2, -0.15) is 4.98 Å². The van der Waals surface area contributed by atoms with Crippen molar-refractivity contribution in [2.45, 2.75) is 39.3 Å². The van der Waals surface area contributed by atoms with Crippen molar-refractivity contribution in [3.05, 3.63) is 11.7 Å². The van der Waals surface area contributed by atoms with Crippen molar-refractivity contribution in [1.82, 2.24) is 20.4 Å². The number of nitrogens with zero attached hydrogens (tertiary/aromatic N) is 3. The number of likely N-dealkylation sites (tertiary alicyclic amines) is 1. The lowest BCUT2D eigenvalue weighted by molar-refractivity contribution is -0.129. The molecule has 2 rings (SSSR count). The van der Waals surface area contributed by atoms with E-state index >= 15 is 0 Å². The van der Waals surface area contributed by atoms with Crippen LogP contribution >= 0.6 is 0 Å². The highest BCUT2D eigenvalue weighted by Gasteiger charge is 2.34. The summed E-state index contributed by atoms with van der Waals surface area (Å²) in [6, 6.07) is -0.124. The number of aromatic nitrogens is 2. The Labute approximate surface area is 105 Å². The first kappa shape index (κ1) is 12.5. The van der Waals surface area contributed by atoms with Crippen LogP contribution in [0.15, 0.2) is 4.52 Å². The van der Waals surface area contributed by atoms with Crippen LogP contribution in [0, 0.1) is 0 Å². The lowest BCUT2D eigenvalue weighted by Crippen LogP contribution is -2.27.